The summed E-state index contributed by atoms with van der Waals surface area (Å²) in [6.45, 7) is 3.66. The molecule has 0 saturated heterocycles. The van der Waals surface area contributed by atoms with Gasteiger partial charge >= 0.3 is 0 Å². The topological polar surface area (TPSA) is 90.9 Å². The molecule has 4 aromatic heterocycles. The lowest BCUT2D eigenvalue weighted by atomic mass is 10.0. The van der Waals surface area contributed by atoms with Crippen molar-refractivity contribution in [1.29, 1.82) is 0 Å². The van der Waals surface area contributed by atoms with Crippen LogP contribution in [0.25, 0.3) is 28.3 Å². The number of Topliss-reactive ketones (excluding diaryl/α,β-unsaturated/α-hetero) is 1. The fourth-order valence-electron chi connectivity index (χ4n) is 3.86. The maximum absolute atomic E-state index is 14.9. The number of aromatic nitrogens is 7. The summed E-state index contributed by atoms with van der Waals surface area (Å²) in [5.74, 6) is 0.287. The monoisotopic (exact) mass is 441 g/mol. The van der Waals surface area contributed by atoms with Gasteiger partial charge in [0.1, 0.15) is 17.3 Å². The van der Waals surface area contributed by atoms with Crippen molar-refractivity contribution in [3.05, 3.63) is 83.5 Å². The van der Waals surface area contributed by atoms with Gasteiger partial charge < -0.3 is 0 Å². The minimum absolute atomic E-state index is 0.147. The molecule has 0 unspecified atom stereocenters. The molecule has 0 spiro atoms. The average molecular weight is 441 g/mol. The highest BCUT2D eigenvalue weighted by Gasteiger charge is 2.22. The molecular weight excluding hydrogens is 421 g/mol. The molecule has 5 rings (SSSR count). The molecule has 0 N–H and O–H groups in total. The number of fused-ring (bicyclic) bond motifs is 1. The highest BCUT2D eigenvalue weighted by molar-refractivity contribution is 6.01. The molecule has 4 heterocycles. The molecule has 0 radical (unpaired) electrons. The van der Waals surface area contributed by atoms with Crippen LogP contribution in [-0.2, 0) is 13.5 Å². The van der Waals surface area contributed by atoms with E-state index in [1.54, 1.807) is 32.3 Å². The van der Waals surface area contributed by atoms with Gasteiger partial charge in [-0.25, -0.2) is 23.9 Å². The van der Waals surface area contributed by atoms with Crippen LogP contribution in [0.2, 0.25) is 0 Å². The number of hydrogen-bond acceptors (Lipinski definition) is 6. The van der Waals surface area contributed by atoms with Crippen LogP contribution in [0, 0.1) is 19.7 Å². The Kier molecular flexibility index (Phi) is 5.01. The third kappa shape index (κ3) is 3.89. The third-order valence-electron chi connectivity index (χ3n) is 5.33. The van der Waals surface area contributed by atoms with Crippen molar-refractivity contribution < 1.29 is 9.18 Å². The fraction of sp³-hybridized carbons (Fsp3) is 0.167. The molecule has 0 amide bonds. The number of carbonyl (C=O) groups excluding carboxylic acids is 1. The van der Waals surface area contributed by atoms with E-state index in [0.29, 0.717) is 34.2 Å². The molecule has 0 saturated carbocycles. The van der Waals surface area contributed by atoms with Crippen molar-refractivity contribution >= 4 is 11.4 Å². The van der Waals surface area contributed by atoms with E-state index in [1.165, 1.54) is 15.4 Å². The zero-order valence-corrected chi connectivity index (χ0v) is 18.3. The second-order valence-electron chi connectivity index (χ2n) is 7.82. The van der Waals surface area contributed by atoms with E-state index in [-0.39, 0.29) is 17.8 Å². The number of ketones is 1. The van der Waals surface area contributed by atoms with Gasteiger partial charge in [-0.2, -0.15) is 5.10 Å². The Morgan fingerprint density at radius 1 is 1.06 bits per heavy atom. The van der Waals surface area contributed by atoms with Crippen molar-refractivity contribution in [3.8, 4) is 22.6 Å². The first-order valence-corrected chi connectivity index (χ1v) is 10.4. The number of hydrogen-bond donors (Lipinski definition) is 0. The predicted octanol–water partition coefficient (Wildman–Crippen LogP) is 3.77. The van der Waals surface area contributed by atoms with Crippen molar-refractivity contribution in [1.82, 2.24) is 34.3 Å². The summed E-state index contributed by atoms with van der Waals surface area (Å²) < 4.78 is 17.8. The number of rotatable bonds is 5. The van der Waals surface area contributed by atoms with Gasteiger partial charge in [-0.1, -0.05) is 30.3 Å². The average Bonchev–Trinajstić information content (AvgIpc) is 3.37. The predicted molar refractivity (Wildman–Crippen MR) is 120 cm³/mol. The van der Waals surface area contributed by atoms with Crippen LogP contribution < -0.4 is 0 Å². The van der Waals surface area contributed by atoms with Gasteiger partial charge in [0.2, 0.25) is 0 Å². The van der Waals surface area contributed by atoms with Gasteiger partial charge in [0.05, 0.1) is 18.1 Å². The van der Waals surface area contributed by atoms with Crippen molar-refractivity contribution in [2.45, 2.75) is 20.3 Å². The van der Waals surface area contributed by atoms with Crippen LogP contribution in [0.15, 0.2) is 54.9 Å². The lowest BCUT2D eigenvalue weighted by Crippen LogP contribution is -2.13. The molecule has 0 bridgehead atoms. The molecule has 0 atom stereocenters. The molecule has 5 aromatic rings. The van der Waals surface area contributed by atoms with E-state index in [9.17, 15) is 9.18 Å². The van der Waals surface area contributed by atoms with Crippen molar-refractivity contribution in [3.63, 3.8) is 0 Å². The summed E-state index contributed by atoms with van der Waals surface area (Å²) in [4.78, 5) is 26.5. The highest BCUT2D eigenvalue weighted by atomic mass is 19.1. The Morgan fingerprint density at radius 3 is 2.61 bits per heavy atom. The second-order valence-corrected chi connectivity index (χ2v) is 7.82. The standard InChI is InChI=1S/C24H20FN7O/c1-14-9-20(28-15(2)27-14)18-12-26-31(3)23(18)21(33)10-17-11-22-29-24(16-7-5-4-6-8-16)30-32(22)13-19(17)25/h4-9,11-13H,10H2,1-3H3. The minimum Gasteiger partial charge on any atom is -0.292 e. The molecule has 0 aliphatic rings. The number of halogens is 1. The third-order valence-corrected chi connectivity index (χ3v) is 5.33. The number of nitrogens with zero attached hydrogens (tertiary/aromatic N) is 7. The van der Waals surface area contributed by atoms with Gasteiger partial charge in [-0.05, 0) is 26.0 Å². The summed E-state index contributed by atoms with van der Waals surface area (Å²) in [5.41, 5.74) is 3.88. The first-order chi connectivity index (χ1) is 15.9. The van der Waals surface area contributed by atoms with Gasteiger partial charge in [0.25, 0.3) is 0 Å². The van der Waals surface area contributed by atoms with Crippen LogP contribution in [0.1, 0.15) is 27.6 Å². The van der Waals surface area contributed by atoms with Crippen molar-refractivity contribution in [2.24, 2.45) is 7.05 Å². The lowest BCUT2D eigenvalue weighted by Gasteiger charge is -2.08. The minimum atomic E-state index is -0.530. The number of aryl methyl sites for hydroxylation is 3. The largest absolute Gasteiger partial charge is 0.292 e. The van der Waals surface area contributed by atoms with Gasteiger partial charge in [0, 0.05) is 35.9 Å². The molecule has 0 aliphatic heterocycles. The van der Waals surface area contributed by atoms with Gasteiger partial charge in [0.15, 0.2) is 17.3 Å². The molecule has 1 aromatic carbocycles. The summed E-state index contributed by atoms with van der Waals surface area (Å²) in [6, 6.07) is 12.8. The normalized spacial score (nSPS) is 11.3. The van der Waals surface area contributed by atoms with Crippen molar-refractivity contribution in [2.75, 3.05) is 0 Å². The highest BCUT2D eigenvalue weighted by Crippen LogP contribution is 2.25. The zero-order chi connectivity index (χ0) is 23.1. The molecule has 164 valence electrons. The van der Waals surface area contributed by atoms with Crippen LogP contribution in [0.4, 0.5) is 4.39 Å². The van der Waals surface area contributed by atoms with Gasteiger partial charge in [-0.3, -0.25) is 9.48 Å². The summed E-state index contributed by atoms with van der Waals surface area (Å²) in [7, 11) is 1.68. The van der Waals surface area contributed by atoms with Crippen LogP contribution >= 0.6 is 0 Å². The van der Waals surface area contributed by atoms with Crippen LogP contribution in [0.5, 0.6) is 0 Å². The van der Waals surface area contributed by atoms with E-state index in [2.05, 4.69) is 25.1 Å². The molecule has 0 fully saturated rings. The number of pyridine rings is 1. The maximum atomic E-state index is 14.9. The first-order valence-electron chi connectivity index (χ1n) is 10.4. The SMILES string of the molecule is Cc1cc(-c2cnn(C)c2C(=O)Cc2cc3nc(-c4ccccc4)nn3cc2F)nc(C)n1. The zero-order valence-electron chi connectivity index (χ0n) is 18.3. The molecule has 9 heteroatoms. The molecule has 0 aliphatic carbocycles. The van der Waals surface area contributed by atoms with E-state index in [0.717, 1.165) is 11.3 Å². The Hall–Kier alpha value is -4.27. The molecular formula is C24H20FN7O. The van der Waals surface area contributed by atoms with E-state index in [1.807, 2.05) is 37.3 Å². The Bertz CT molecular complexity index is 1480. The Labute approximate surface area is 188 Å². The lowest BCUT2D eigenvalue weighted by molar-refractivity contribution is 0.0983. The number of benzene rings is 1. The van der Waals surface area contributed by atoms with E-state index in [4.69, 9.17) is 0 Å². The Morgan fingerprint density at radius 2 is 1.85 bits per heavy atom. The maximum Gasteiger partial charge on any atom is 0.186 e. The first kappa shape index (κ1) is 20.6. The van der Waals surface area contributed by atoms with Crippen LogP contribution in [0.3, 0.4) is 0 Å². The fourth-order valence-corrected chi connectivity index (χ4v) is 3.86. The molecule has 33 heavy (non-hydrogen) atoms. The van der Waals surface area contributed by atoms with E-state index >= 15 is 0 Å². The number of carbonyl (C=O) groups is 1. The molecule has 8 nitrogen and oxygen atoms in total. The Balaban J connectivity index is 1.50. The quantitative estimate of drug-likeness (QED) is 0.386. The smallest absolute Gasteiger partial charge is 0.186 e. The second kappa shape index (κ2) is 8.01. The summed E-state index contributed by atoms with van der Waals surface area (Å²) in [6.07, 6.45) is 2.70. The van der Waals surface area contributed by atoms with E-state index < -0.39 is 5.82 Å². The summed E-state index contributed by atoms with van der Waals surface area (Å²) >= 11 is 0. The van der Waals surface area contributed by atoms with Gasteiger partial charge in [-0.15, -0.1) is 5.10 Å². The summed E-state index contributed by atoms with van der Waals surface area (Å²) in [5, 5.41) is 8.59. The van der Waals surface area contributed by atoms with Crippen LogP contribution in [-0.4, -0.2) is 40.1 Å².